The second-order valence-corrected chi connectivity index (χ2v) is 7.45. The summed E-state index contributed by atoms with van der Waals surface area (Å²) in [6.45, 7) is 3.74. The van der Waals surface area contributed by atoms with Gasteiger partial charge >= 0.3 is 0 Å². The zero-order valence-electron chi connectivity index (χ0n) is 12.8. The fourth-order valence-electron chi connectivity index (χ4n) is 4.92. The maximum absolute atomic E-state index is 6.22. The smallest absolute Gasteiger partial charge is 0.0628 e. The van der Waals surface area contributed by atoms with Gasteiger partial charge in [0.25, 0.3) is 0 Å². The third kappa shape index (κ3) is 1.89. The normalized spacial score (nSPS) is 29.1. The highest BCUT2D eigenvalue weighted by atomic mass is 35.5. The van der Waals surface area contributed by atoms with E-state index in [-0.39, 0.29) is 0 Å². The van der Waals surface area contributed by atoms with Crippen molar-refractivity contribution in [1.82, 2.24) is 14.8 Å². The number of rotatable bonds is 0. The summed E-state index contributed by atoms with van der Waals surface area (Å²) in [6, 6.07) is 6.84. The van der Waals surface area contributed by atoms with Gasteiger partial charge in [0.1, 0.15) is 0 Å². The minimum absolute atomic E-state index is 0.578. The summed E-state index contributed by atoms with van der Waals surface area (Å²) in [5.74, 6) is 0. The Morgan fingerprint density at radius 2 is 2.05 bits per heavy atom. The van der Waals surface area contributed by atoms with Crippen LogP contribution in [0.15, 0.2) is 18.2 Å². The van der Waals surface area contributed by atoms with E-state index in [4.69, 9.17) is 11.6 Å². The van der Waals surface area contributed by atoms with Crippen LogP contribution in [-0.2, 0) is 6.42 Å². The molecular weight excluding hydrogens is 294 g/mol. The molecule has 0 unspecified atom stereocenters. The lowest BCUT2D eigenvalue weighted by Gasteiger charge is -2.52. The van der Waals surface area contributed by atoms with Crippen molar-refractivity contribution in [2.45, 2.75) is 44.3 Å². The zero-order valence-corrected chi connectivity index (χ0v) is 13.6. The Balaban J connectivity index is 1.58. The lowest BCUT2D eigenvalue weighted by molar-refractivity contribution is -0.0599. The number of halogens is 1. The lowest BCUT2D eigenvalue weighted by atomic mass is 9.90. The average Bonchev–Trinajstić information content (AvgIpc) is 2.92. The number of hydrogen-bond donors (Lipinski definition) is 1. The number of nitrogens with zero attached hydrogens (tertiary/aromatic N) is 2. The average molecular weight is 316 g/mol. The highest BCUT2D eigenvalue weighted by molar-refractivity contribution is 6.31. The van der Waals surface area contributed by atoms with Crippen LogP contribution in [0.25, 0.3) is 10.9 Å². The van der Waals surface area contributed by atoms with Crippen molar-refractivity contribution < 1.29 is 0 Å². The monoisotopic (exact) mass is 315 g/mol. The van der Waals surface area contributed by atoms with Crippen LogP contribution in [0.1, 0.15) is 43.0 Å². The van der Waals surface area contributed by atoms with E-state index >= 15 is 0 Å². The Hall–Kier alpha value is -1.03. The molecule has 3 aliphatic rings. The van der Waals surface area contributed by atoms with Gasteiger partial charge in [-0.15, -0.1) is 0 Å². The second kappa shape index (κ2) is 4.98. The topological polar surface area (TPSA) is 22.3 Å². The number of H-pyrrole nitrogens is 1. The Morgan fingerprint density at radius 1 is 1.09 bits per heavy atom. The number of piperidine rings is 1. The Bertz CT molecular complexity index is 722. The molecule has 0 spiro atoms. The molecule has 0 aliphatic carbocycles. The van der Waals surface area contributed by atoms with Crippen LogP contribution in [0.4, 0.5) is 0 Å². The predicted octanol–water partition coefficient (Wildman–Crippen LogP) is 3.94. The number of nitrogens with one attached hydrogen (secondary N) is 1. The van der Waals surface area contributed by atoms with E-state index in [0.29, 0.717) is 12.2 Å². The molecule has 2 atom stereocenters. The van der Waals surface area contributed by atoms with E-state index in [0.717, 1.165) is 11.4 Å². The third-order valence-electron chi connectivity index (χ3n) is 5.91. The summed E-state index contributed by atoms with van der Waals surface area (Å²) >= 11 is 6.22. The molecule has 22 heavy (non-hydrogen) atoms. The Kier molecular flexibility index (Phi) is 3.04. The first-order valence-electron chi connectivity index (χ1n) is 8.61. The number of aromatic nitrogens is 1. The third-order valence-corrected chi connectivity index (χ3v) is 6.14. The maximum atomic E-state index is 6.22. The van der Waals surface area contributed by atoms with Crippen molar-refractivity contribution in [3.63, 3.8) is 0 Å². The van der Waals surface area contributed by atoms with Crippen molar-refractivity contribution in [1.29, 1.82) is 0 Å². The zero-order chi connectivity index (χ0) is 14.7. The van der Waals surface area contributed by atoms with E-state index in [1.807, 2.05) is 6.07 Å². The maximum Gasteiger partial charge on any atom is 0.0628 e. The summed E-state index contributed by atoms with van der Waals surface area (Å²) in [6.07, 6.45) is 7.19. The van der Waals surface area contributed by atoms with Crippen LogP contribution in [0.2, 0.25) is 5.02 Å². The molecule has 3 nitrogen and oxygen atoms in total. The molecule has 0 bridgehead atoms. The van der Waals surface area contributed by atoms with E-state index < -0.39 is 0 Å². The molecule has 1 aromatic carbocycles. The largest absolute Gasteiger partial charge is 0.357 e. The molecule has 0 amide bonds. The first kappa shape index (κ1) is 13.4. The van der Waals surface area contributed by atoms with Gasteiger partial charge in [0.2, 0.25) is 0 Å². The fraction of sp³-hybridized carbons (Fsp3) is 0.556. The van der Waals surface area contributed by atoms with Gasteiger partial charge in [-0.2, -0.15) is 0 Å². The van der Waals surface area contributed by atoms with Gasteiger partial charge in [0.05, 0.1) is 12.2 Å². The van der Waals surface area contributed by atoms with Crippen molar-refractivity contribution >= 4 is 22.5 Å². The highest BCUT2D eigenvalue weighted by Crippen LogP contribution is 2.42. The molecule has 4 heteroatoms. The van der Waals surface area contributed by atoms with Gasteiger partial charge in [-0.25, -0.2) is 0 Å². The standard InChI is InChI=1S/C18H22ClN3/c19-12-4-5-15-14(11-12)13-6-10-22-16(18(13)20-15)7-9-21-8-2-1-3-17(21)22/h4-5,11,16-17,20H,1-3,6-10H2/t16-,17-/m0/s1. The molecular formula is C18H22ClN3. The van der Waals surface area contributed by atoms with E-state index in [2.05, 4.69) is 26.9 Å². The SMILES string of the molecule is Clc1ccc2[nH]c3c(c2c1)CCN1[C@H]3CCN2CCCC[C@@H]21. The molecule has 2 aromatic rings. The van der Waals surface area contributed by atoms with Gasteiger partial charge in [-0.05, 0) is 62.4 Å². The van der Waals surface area contributed by atoms with Crippen molar-refractivity contribution in [2.75, 3.05) is 19.6 Å². The second-order valence-electron chi connectivity index (χ2n) is 7.01. The summed E-state index contributed by atoms with van der Waals surface area (Å²) in [5.41, 5.74) is 4.24. The summed E-state index contributed by atoms with van der Waals surface area (Å²) in [5, 5.41) is 2.19. The predicted molar refractivity (Wildman–Crippen MR) is 90.3 cm³/mol. The van der Waals surface area contributed by atoms with Crippen LogP contribution in [0.5, 0.6) is 0 Å². The Morgan fingerprint density at radius 3 is 3.00 bits per heavy atom. The molecule has 2 fully saturated rings. The van der Waals surface area contributed by atoms with Crippen LogP contribution in [0, 0.1) is 0 Å². The molecule has 0 radical (unpaired) electrons. The highest BCUT2D eigenvalue weighted by Gasteiger charge is 2.41. The molecule has 4 heterocycles. The lowest BCUT2D eigenvalue weighted by Crippen LogP contribution is -2.58. The van der Waals surface area contributed by atoms with E-state index in [1.165, 1.54) is 67.5 Å². The van der Waals surface area contributed by atoms with Gasteiger partial charge < -0.3 is 4.98 Å². The molecule has 0 saturated carbocycles. The van der Waals surface area contributed by atoms with E-state index in [1.54, 1.807) is 0 Å². The summed E-state index contributed by atoms with van der Waals surface area (Å²) < 4.78 is 0. The summed E-state index contributed by atoms with van der Waals surface area (Å²) in [7, 11) is 0. The van der Waals surface area contributed by atoms with Crippen LogP contribution < -0.4 is 0 Å². The van der Waals surface area contributed by atoms with E-state index in [9.17, 15) is 0 Å². The Labute approximate surface area is 136 Å². The fourth-order valence-corrected chi connectivity index (χ4v) is 5.09. The number of fused-ring (bicyclic) bond motifs is 7. The van der Waals surface area contributed by atoms with Gasteiger partial charge in [-0.3, -0.25) is 9.80 Å². The molecule has 116 valence electrons. The van der Waals surface area contributed by atoms with Gasteiger partial charge in [-0.1, -0.05) is 11.6 Å². The molecule has 5 rings (SSSR count). The number of aromatic amines is 1. The van der Waals surface area contributed by atoms with Crippen molar-refractivity contribution in [3.8, 4) is 0 Å². The summed E-state index contributed by atoms with van der Waals surface area (Å²) in [4.78, 5) is 9.20. The van der Waals surface area contributed by atoms with Crippen LogP contribution in [0.3, 0.4) is 0 Å². The number of benzene rings is 1. The molecule has 3 aliphatic heterocycles. The van der Waals surface area contributed by atoms with Crippen LogP contribution in [-0.4, -0.2) is 40.6 Å². The molecule has 1 aromatic heterocycles. The van der Waals surface area contributed by atoms with Crippen molar-refractivity contribution in [2.24, 2.45) is 0 Å². The van der Waals surface area contributed by atoms with Gasteiger partial charge in [0, 0.05) is 34.7 Å². The van der Waals surface area contributed by atoms with Crippen molar-refractivity contribution in [3.05, 3.63) is 34.5 Å². The quantitative estimate of drug-likeness (QED) is 0.795. The first-order chi connectivity index (χ1) is 10.8. The first-order valence-corrected chi connectivity index (χ1v) is 8.99. The molecule has 2 saturated heterocycles. The van der Waals surface area contributed by atoms with Crippen LogP contribution >= 0.6 is 11.6 Å². The molecule has 1 N–H and O–H groups in total. The van der Waals surface area contributed by atoms with Gasteiger partial charge in [0.15, 0.2) is 0 Å². The minimum Gasteiger partial charge on any atom is -0.357 e. The number of hydrogen-bond acceptors (Lipinski definition) is 2. The minimum atomic E-state index is 0.578.